The second-order valence-corrected chi connectivity index (χ2v) is 4.51. The van der Waals surface area contributed by atoms with Crippen LogP contribution in [0.1, 0.15) is 18.2 Å². The molecule has 0 aliphatic heterocycles. The third kappa shape index (κ3) is 2.46. The molecule has 1 aromatic carbocycles. The van der Waals surface area contributed by atoms with Gasteiger partial charge >= 0.3 is 0 Å². The van der Waals surface area contributed by atoms with E-state index in [0.29, 0.717) is 0 Å². The minimum Gasteiger partial charge on any atom is -0.373 e. The summed E-state index contributed by atoms with van der Waals surface area (Å²) in [5.41, 5.74) is 3.15. The van der Waals surface area contributed by atoms with Crippen molar-refractivity contribution in [2.24, 2.45) is 0 Å². The second kappa shape index (κ2) is 5.36. The molecule has 0 radical (unpaired) electrons. The maximum absolute atomic E-state index is 5.88. The third-order valence-electron chi connectivity index (χ3n) is 2.91. The quantitative estimate of drug-likeness (QED) is 0.915. The van der Waals surface area contributed by atoms with Crippen LogP contribution in [0.15, 0.2) is 24.3 Å². The SMILES string of the molecule is CCc1c(C)nc(-c2ccc(Cl)cc2)nc1NC. The summed E-state index contributed by atoms with van der Waals surface area (Å²) in [6.07, 6.45) is 0.920. The van der Waals surface area contributed by atoms with Crippen LogP contribution in [0.2, 0.25) is 5.02 Å². The highest BCUT2D eigenvalue weighted by molar-refractivity contribution is 6.30. The van der Waals surface area contributed by atoms with E-state index in [-0.39, 0.29) is 0 Å². The van der Waals surface area contributed by atoms with Gasteiger partial charge in [0.25, 0.3) is 0 Å². The van der Waals surface area contributed by atoms with Crippen molar-refractivity contribution in [1.29, 1.82) is 0 Å². The summed E-state index contributed by atoms with van der Waals surface area (Å²) in [5, 5.41) is 3.85. The predicted molar refractivity (Wildman–Crippen MR) is 76.1 cm³/mol. The van der Waals surface area contributed by atoms with E-state index in [1.807, 2.05) is 38.2 Å². The summed E-state index contributed by atoms with van der Waals surface area (Å²) < 4.78 is 0. The maximum atomic E-state index is 5.88. The molecule has 0 aliphatic rings. The number of rotatable bonds is 3. The Kier molecular flexibility index (Phi) is 3.82. The van der Waals surface area contributed by atoms with Crippen molar-refractivity contribution in [3.8, 4) is 11.4 Å². The minimum absolute atomic E-state index is 0.717. The van der Waals surface area contributed by atoms with E-state index in [2.05, 4.69) is 22.2 Å². The lowest BCUT2D eigenvalue weighted by Crippen LogP contribution is -2.04. The van der Waals surface area contributed by atoms with E-state index in [9.17, 15) is 0 Å². The van der Waals surface area contributed by atoms with Crippen molar-refractivity contribution in [2.75, 3.05) is 12.4 Å². The molecular formula is C14H16ClN3. The molecule has 1 heterocycles. The summed E-state index contributed by atoms with van der Waals surface area (Å²) in [4.78, 5) is 9.12. The number of aromatic nitrogens is 2. The zero-order chi connectivity index (χ0) is 13.1. The molecule has 2 rings (SSSR count). The molecule has 0 saturated carbocycles. The van der Waals surface area contributed by atoms with Crippen molar-refractivity contribution in [3.63, 3.8) is 0 Å². The van der Waals surface area contributed by atoms with Gasteiger partial charge in [0.15, 0.2) is 5.82 Å². The van der Waals surface area contributed by atoms with Gasteiger partial charge in [-0.05, 0) is 37.6 Å². The van der Waals surface area contributed by atoms with Crippen LogP contribution in [-0.2, 0) is 6.42 Å². The number of halogens is 1. The van der Waals surface area contributed by atoms with Crippen LogP contribution in [0, 0.1) is 6.92 Å². The maximum Gasteiger partial charge on any atom is 0.161 e. The number of benzene rings is 1. The van der Waals surface area contributed by atoms with Gasteiger partial charge in [-0.15, -0.1) is 0 Å². The monoisotopic (exact) mass is 261 g/mol. The van der Waals surface area contributed by atoms with E-state index in [1.54, 1.807) is 0 Å². The average molecular weight is 262 g/mol. The Bertz CT molecular complexity index is 550. The zero-order valence-corrected chi connectivity index (χ0v) is 11.5. The van der Waals surface area contributed by atoms with E-state index < -0.39 is 0 Å². The molecule has 18 heavy (non-hydrogen) atoms. The van der Waals surface area contributed by atoms with Crippen LogP contribution in [-0.4, -0.2) is 17.0 Å². The van der Waals surface area contributed by atoms with Gasteiger partial charge in [-0.2, -0.15) is 0 Å². The van der Waals surface area contributed by atoms with Crippen LogP contribution in [0.4, 0.5) is 5.82 Å². The number of aryl methyl sites for hydroxylation is 1. The molecule has 0 bridgehead atoms. The minimum atomic E-state index is 0.717. The third-order valence-corrected chi connectivity index (χ3v) is 3.16. The van der Waals surface area contributed by atoms with Gasteiger partial charge in [0.2, 0.25) is 0 Å². The van der Waals surface area contributed by atoms with Gasteiger partial charge in [0, 0.05) is 28.9 Å². The number of hydrogen-bond acceptors (Lipinski definition) is 3. The van der Waals surface area contributed by atoms with Crippen LogP contribution in [0.3, 0.4) is 0 Å². The van der Waals surface area contributed by atoms with Crippen LogP contribution < -0.4 is 5.32 Å². The van der Waals surface area contributed by atoms with Gasteiger partial charge in [-0.25, -0.2) is 9.97 Å². The average Bonchev–Trinajstić information content (AvgIpc) is 2.38. The van der Waals surface area contributed by atoms with Gasteiger partial charge in [0.1, 0.15) is 5.82 Å². The molecule has 0 amide bonds. The van der Waals surface area contributed by atoms with Crippen molar-refractivity contribution < 1.29 is 0 Å². The predicted octanol–water partition coefficient (Wildman–Crippen LogP) is 3.71. The first kappa shape index (κ1) is 12.8. The van der Waals surface area contributed by atoms with E-state index in [0.717, 1.165) is 39.9 Å². The largest absolute Gasteiger partial charge is 0.373 e. The normalized spacial score (nSPS) is 10.4. The molecule has 3 nitrogen and oxygen atoms in total. The highest BCUT2D eigenvalue weighted by Crippen LogP contribution is 2.23. The van der Waals surface area contributed by atoms with Crippen molar-refractivity contribution >= 4 is 17.4 Å². The Hall–Kier alpha value is -1.61. The van der Waals surface area contributed by atoms with Crippen LogP contribution >= 0.6 is 11.6 Å². The summed E-state index contributed by atoms with van der Waals surface area (Å²) >= 11 is 5.88. The Morgan fingerprint density at radius 1 is 1.17 bits per heavy atom. The Labute approximate surface area is 112 Å². The fourth-order valence-electron chi connectivity index (χ4n) is 1.95. The van der Waals surface area contributed by atoms with Crippen molar-refractivity contribution in [1.82, 2.24) is 9.97 Å². The summed E-state index contributed by atoms with van der Waals surface area (Å²) in [5.74, 6) is 1.63. The molecule has 0 aliphatic carbocycles. The lowest BCUT2D eigenvalue weighted by Gasteiger charge is -2.11. The molecule has 1 aromatic heterocycles. The fourth-order valence-corrected chi connectivity index (χ4v) is 2.08. The highest BCUT2D eigenvalue weighted by atomic mass is 35.5. The number of hydrogen-bond donors (Lipinski definition) is 1. The van der Waals surface area contributed by atoms with Crippen molar-refractivity contribution in [2.45, 2.75) is 20.3 Å². The van der Waals surface area contributed by atoms with E-state index in [1.165, 1.54) is 0 Å². The van der Waals surface area contributed by atoms with Crippen LogP contribution in [0.5, 0.6) is 0 Å². The lowest BCUT2D eigenvalue weighted by molar-refractivity contribution is 1.00. The molecule has 2 aromatic rings. The molecule has 1 N–H and O–H groups in total. The Morgan fingerprint density at radius 2 is 1.83 bits per heavy atom. The topological polar surface area (TPSA) is 37.8 Å². The zero-order valence-electron chi connectivity index (χ0n) is 10.8. The summed E-state index contributed by atoms with van der Waals surface area (Å²) in [7, 11) is 1.88. The molecule has 94 valence electrons. The Morgan fingerprint density at radius 3 is 2.39 bits per heavy atom. The first-order chi connectivity index (χ1) is 8.65. The number of nitrogens with one attached hydrogen (secondary N) is 1. The fraction of sp³-hybridized carbons (Fsp3) is 0.286. The van der Waals surface area contributed by atoms with E-state index >= 15 is 0 Å². The first-order valence-corrected chi connectivity index (χ1v) is 6.34. The molecular weight excluding hydrogens is 246 g/mol. The highest BCUT2D eigenvalue weighted by Gasteiger charge is 2.10. The second-order valence-electron chi connectivity index (χ2n) is 4.07. The van der Waals surface area contributed by atoms with Gasteiger partial charge in [0.05, 0.1) is 0 Å². The van der Waals surface area contributed by atoms with Gasteiger partial charge < -0.3 is 5.32 Å². The molecule has 0 unspecified atom stereocenters. The smallest absolute Gasteiger partial charge is 0.161 e. The van der Waals surface area contributed by atoms with Gasteiger partial charge in [-0.3, -0.25) is 0 Å². The van der Waals surface area contributed by atoms with Crippen molar-refractivity contribution in [3.05, 3.63) is 40.5 Å². The first-order valence-electron chi connectivity index (χ1n) is 5.97. The summed E-state index contributed by atoms with van der Waals surface area (Å²) in [6, 6.07) is 7.56. The molecule has 0 saturated heterocycles. The standard InChI is InChI=1S/C14H16ClN3/c1-4-12-9(2)17-13(18-14(12)16-3)10-5-7-11(15)8-6-10/h5-8H,4H2,1-3H3,(H,16,17,18). The van der Waals surface area contributed by atoms with Crippen LogP contribution in [0.25, 0.3) is 11.4 Å². The molecule has 0 atom stereocenters. The molecule has 0 fully saturated rings. The molecule has 0 spiro atoms. The van der Waals surface area contributed by atoms with Gasteiger partial charge in [-0.1, -0.05) is 18.5 Å². The Balaban J connectivity index is 2.52. The molecule has 4 heteroatoms. The number of nitrogens with zero attached hydrogens (tertiary/aromatic N) is 2. The lowest BCUT2D eigenvalue weighted by atomic mass is 10.1. The summed E-state index contributed by atoms with van der Waals surface area (Å²) in [6.45, 7) is 4.12. The number of anilines is 1. The van der Waals surface area contributed by atoms with E-state index in [4.69, 9.17) is 11.6 Å².